The van der Waals surface area contributed by atoms with Gasteiger partial charge in [-0.05, 0) is 44.3 Å². The van der Waals surface area contributed by atoms with E-state index in [9.17, 15) is 0 Å². The van der Waals surface area contributed by atoms with Gasteiger partial charge >= 0.3 is 0 Å². The van der Waals surface area contributed by atoms with E-state index in [-0.39, 0.29) is 24.8 Å². The second-order valence-electron chi connectivity index (χ2n) is 5.21. The van der Waals surface area contributed by atoms with Crippen LogP contribution in [0.15, 0.2) is 0 Å². The van der Waals surface area contributed by atoms with Gasteiger partial charge in [0.15, 0.2) is 0 Å². The molecule has 1 N–H and O–H groups in total. The van der Waals surface area contributed by atoms with E-state index in [0.29, 0.717) is 5.41 Å². The molecule has 2 heterocycles. The minimum absolute atomic E-state index is 0. The van der Waals surface area contributed by atoms with Gasteiger partial charge in [0.2, 0.25) is 0 Å². The van der Waals surface area contributed by atoms with E-state index in [4.69, 9.17) is 0 Å². The van der Waals surface area contributed by atoms with Crippen molar-refractivity contribution in [3.63, 3.8) is 0 Å². The van der Waals surface area contributed by atoms with Crippen molar-refractivity contribution in [3.05, 3.63) is 0 Å². The molecule has 2 nitrogen and oxygen atoms in total. The molecule has 2 aliphatic heterocycles. The summed E-state index contributed by atoms with van der Waals surface area (Å²) in [5.74, 6) is 0. The number of hydrogen-bond donors (Lipinski definition) is 1. The van der Waals surface area contributed by atoms with Crippen molar-refractivity contribution in [2.75, 3.05) is 26.2 Å². The van der Waals surface area contributed by atoms with Gasteiger partial charge in [-0.3, -0.25) is 4.90 Å². The van der Waals surface area contributed by atoms with Crippen molar-refractivity contribution < 1.29 is 0 Å². The molecule has 2 rings (SSSR count). The Hall–Kier alpha value is 0.500. The Kier molecular flexibility index (Phi) is 6.50. The van der Waals surface area contributed by atoms with Gasteiger partial charge in [0.05, 0.1) is 0 Å². The summed E-state index contributed by atoms with van der Waals surface area (Å²) < 4.78 is 0. The fraction of sp³-hybridized carbons (Fsp3) is 1.00. The zero-order valence-corrected chi connectivity index (χ0v) is 11.4. The second kappa shape index (κ2) is 6.29. The zero-order valence-electron chi connectivity index (χ0n) is 9.79. The summed E-state index contributed by atoms with van der Waals surface area (Å²) in [5, 5.41) is 3.50. The molecule has 0 amide bonds. The third-order valence-corrected chi connectivity index (χ3v) is 3.66. The Morgan fingerprint density at radius 3 is 2.27 bits per heavy atom. The van der Waals surface area contributed by atoms with Crippen LogP contribution in [0.1, 0.15) is 33.1 Å². The Bertz CT molecular complexity index is 179. The highest BCUT2D eigenvalue weighted by Crippen LogP contribution is 2.31. The van der Waals surface area contributed by atoms with Crippen molar-refractivity contribution >= 4 is 24.8 Å². The van der Waals surface area contributed by atoms with Gasteiger partial charge in [-0.1, -0.05) is 13.8 Å². The van der Waals surface area contributed by atoms with Crippen LogP contribution >= 0.6 is 24.8 Å². The molecule has 4 heteroatoms. The maximum absolute atomic E-state index is 3.50. The predicted molar refractivity (Wildman–Crippen MR) is 70.4 cm³/mol. The van der Waals surface area contributed by atoms with Crippen LogP contribution in [0.3, 0.4) is 0 Å². The average Bonchev–Trinajstić information content (AvgIpc) is 2.55. The zero-order chi connectivity index (χ0) is 9.31. The largest absolute Gasteiger partial charge is 0.316 e. The quantitative estimate of drug-likeness (QED) is 0.773. The molecule has 15 heavy (non-hydrogen) atoms. The molecule has 2 saturated heterocycles. The van der Waals surface area contributed by atoms with Crippen LogP contribution in [0, 0.1) is 5.41 Å². The minimum atomic E-state index is 0. The SMILES string of the molecule is CC1(C)CNCCC1N1CCCC1.Cl.Cl. The van der Waals surface area contributed by atoms with E-state index in [1.807, 2.05) is 0 Å². The summed E-state index contributed by atoms with van der Waals surface area (Å²) in [6.07, 6.45) is 4.17. The van der Waals surface area contributed by atoms with Crippen LogP contribution in [0.25, 0.3) is 0 Å². The van der Waals surface area contributed by atoms with Gasteiger partial charge in [0.1, 0.15) is 0 Å². The molecule has 2 aliphatic rings. The lowest BCUT2D eigenvalue weighted by molar-refractivity contribution is 0.0784. The van der Waals surface area contributed by atoms with Gasteiger partial charge in [-0.2, -0.15) is 0 Å². The molecule has 0 saturated carbocycles. The molecular weight excluding hydrogens is 231 g/mol. The van der Waals surface area contributed by atoms with Crippen LogP contribution in [-0.2, 0) is 0 Å². The van der Waals surface area contributed by atoms with Crippen LogP contribution in [0.5, 0.6) is 0 Å². The summed E-state index contributed by atoms with van der Waals surface area (Å²) in [5.41, 5.74) is 0.475. The molecule has 0 bridgehead atoms. The highest BCUT2D eigenvalue weighted by Gasteiger charge is 2.36. The highest BCUT2D eigenvalue weighted by molar-refractivity contribution is 5.85. The molecule has 0 aliphatic carbocycles. The van der Waals surface area contributed by atoms with Gasteiger partial charge < -0.3 is 5.32 Å². The monoisotopic (exact) mass is 254 g/mol. The molecule has 1 unspecified atom stereocenters. The van der Waals surface area contributed by atoms with E-state index in [2.05, 4.69) is 24.1 Å². The van der Waals surface area contributed by atoms with E-state index >= 15 is 0 Å². The molecule has 0 aromatic carbocycles. The van der Waals surface area contributed by atoms with Gasteiger partial charge in [-0.25, -0.2) is 0 Å². The number of halogens is 2. The van der Waals surface area contributed by atoms with Gasteiger partial charge in [0, 0.05) is 12.6 Å². The molecule has 0 radical (unpaired) electrons. The number of likely N-dealkylation sites (tertiary alicyclic amines) is 1. The van der Waals surface area contributed by atoms with Gasteiger partial charge in [-0.15, -0.1) is 24.8 Å². The first-order valence-corrected chi connectivity index (χ1v) is 5.65. The number of nitrogens with zero attached hydrogens (tertiary/aromatic N) is 1. The fourth-order valence-electron chi connectivity index (χ4n) is 2.89. The third-order valence-electron chi connectivity index (χ3n) is 3.66. The third kappa shape index (κ3) is 3.48. The van der Waals surface area contributed by atoms with E-state index in [1.54, 1.807) is 0 Å². The Labute approximate surface area is 106 Å². The van der Waals surface area contributed by atoms with Crippen LogP contribution in [-0.4, -0.2) is 37.1 Å². The lowest BCUT2D eigenvalue weighted by atomic mass is 9.79. The van der Waals surface area contributed by atoms with Crippen molar-refractivity contribution in [1.82, 2.24) is 10.2 Å². The Balaban J connectivity index is 0.000000980. The number of hydrogen-bond acceptors (Lipinski definition) is 2. The molecule has 1 atom stereocenters. The van der Waals surface area contributed by atoms with Crippen LogP contribution in [0.2, 0.25) is 0 Å². The van der Waals surface area contributed by atoms with Crippen molar-refractivity contribution in [2.45, 2.75) is 39.2 Å². The average molecular weight is 255 g/mol. The molecule has 0 spiro atoms. The minimum Gasteiger partial charge on any atom is -0.316 e. The summed E-state index contributed by atoms with van der Waals surface area (Å²) in [4.78, 5) is 2.71. The molecule has 0 aromatic rings. The standard InChI is InChI=1S/C11H22N2.2ClH/c1-11(2)9-12-6-5-10(11)13-7-3-4-8-13;;/h10,12H,3-9H2,1-2H3;2*1H. The number of rotatable bonds is 1. The first-order valence-electron chi connectivity index (χ1n) is 5.65. The summed E-state index contributed by atoms with van der Waals surface area (Å²) in [7, 11) is 0. The van der Waals surface area contributed by atoms with Gasteiger partial charge in [0.25, 0.3) is 0 Å². The van der Waals surface area contributed by atoms with Crippen LogP contribution < -0.4 is 5.32 Å². The molecular formula is C11H24Cl2N2. The van der Waals surface area contributed by atoms with E-state index < -0.39 is 0 Å². The first-order chi connectivity index (χ1) is 6.20. The fourth-order valence-corrected chi connectivity index (χ4v) is 2.89. The molecule has 0 aromatic heterocycles. The summed E-state index contributed by atoms with van der Waals surface area (Å²) in [6.45, 7) is 9.89. The van der Waals surface area contributed by atoms with Crippen molar-refractivity contribution in [2.24, 2.45) is 5.41 Å². The predicted octanol–water partition coefficient (Wildman–Crippen LogP) is 2.31. The smallest absolute Gasteiger partial charge is 0.0171 e. The Morgan fingerprint density at radius 1 is 1.13 bits per heavy atom. The highest BCUT2D eigenvalue weighted by atomic mass is 35.5. The number of piperidine rings is 1. The van der Waals surface area contributed by atoms with Crippen molar-refractivity contribution in [3.8, 4) is 0 Å². The Morgan fingerprint density at radius 2 is 1.73 bits per heavy atom. The maximum atomic E-state index is 3.50. The normalized spacial score (nSPS) is 30.4. The lowest BCUT2D eigenvalue weighted by Crippen LogP contribution is -2.53. The summed E-state index contributed by atoms with van der Waals surface area (Å²) >= 11 is 0. The van der Waals surface area contributed by atoms with E-state index in [1.165, 1.54) is 45.4 Å². The first kappa shape index (κ1) is 15.5. The van der Waals surface area contributed by atoms with E-state index in [0.717, 1.165) is 6.04 Å². The molecule has 2 fully saturated rings. The van der Waals surface area contributed by atoms with Crippen LogP contribution in [0.4, 0.5) is 0 Å². The summed E-state index contributed by atoms with van der Waals surface area (Å²) in [6, 6.07) is 0.830. The lowest BCUT2D eigenvalue weighted by Gasteiger charge is -2.44. The maximum Gasteiger partial charge on any atom is 0.0171 e. The second-order valence-corrected chi connectivity index (χ2v) is 5.21. The number of nitrogens with one attached hydrogen (secondary N) is 1. The van der Waals surface area contributed by atoms with Crippen molar-refractivity contribution in [1.29, 1.82) is 0 Å². The topological polar surface area (TPSA) is 15.3 Å². The molecule has 92 valence electrons.